The second-order valence-electron chi connectivity index (χ2n) is 4.29. The number of methoxy groups -OCH3 is 1. The first-order chi connectivity index (χ1) is 10.2. The van der Waals surface area contributed by atoms with Crippen LogP contribution in [0.2, 0.25) is 0 Å². The van der Waals surface area contributed by atoms with E-state index >= 15 is 0 Å². The highest BCUT2D eigenvalue weighted by Crippen LogP contribution is 2.24. The number of hydrogen-bond acceptors (Lipinski definition) is 7. The summed E-state index contributed by atoms with van der Waals surface area (Å²) < 4.78 is 7.03. The minimum atomic E-state index is -0.799. The lowest BCUT2D eigenvalue weighted by Crippen LogP contribution is -2.15. The third kappa shape index (κ3) is 3.73. The van der Waals surface area contributed by atoms with Crippen LogP contribution in [0, 0.1) is 0 Å². The molecule has 2 aromatic rings. The number of aliphatic hydroxyl groups is 2. The molecule has 21 heavy (non-hydrogen) atoms. The molecule has 1 heterocycles. The van der Waals surface area contributed by atoms with E-state index in [1.165, 1.54) is 11.8 Å². The topological polar surface area (TPSA) is 106 Å². The van der Waals surface area contributed by atoms with E-state index in [0.29, 0.717) is 16.7 Å². The fourth-order valence-electron chi connectivity index (χ4n) is 1.76. The van der Waals surface area contributed by atoms with Crippen LogP contribution < -0.4 is 10.5 Å². The average Bonchev–Trinajstić information content (AvgIpc) is 2.95. The van der Waals surface area contributed by atoms with Crippen LogP contribution in [0.3, 0.4) is 0 Å². The molecule has 0 aliphatic rings. The molecular formula is C13H18N4O3S. The van der Waals surface area contributed by atoms with Gasteiger partial charge >= 0.3 is 0 Å². The Kier molecular flexibility index (Phi) is 5.57. The highest BCUT2D eigenvalue weighted by atomic mass is 32.2. The summed E-state index contributed by atoms with van der Waals surface area (Å²) >= 11 is 1.31. The molecule has 2 rings (SSSR count). The summed E-state index contributed by atoms with van der Waals surface area (Å²) in [7, 11) is 1.60. The van der Waals surface area contributed by atoms with Gasteiger partial charge in [-0.3, -0.25) is 4.57 Å². The zero-order valence-electron chi connectivity index (χ0n) is 11.6. The van der Waals surface area contributed by atoms with Crippen molar-refractivity contribution < 1.29 is 14.9 Å². The van der Waals surface area contributed by atoms with Crippen molar-refractivity contribution >= 4 is 11.8 Å². The van der Waals surface area contributed by atoms with Crippen molar-refractivity contribution in [1.82, 2.24) is 14.8 Å². The molecule has 0 unspecified atom stereocenters. The molecule has 0 aliphatic heterocycles. The van der Waals surface area contributed by atoms with Gasteiger partial charge in [0.2, 0.25) is 0 Å². The molecule has 1 aromatic heterocycles. The van der Waals surface area contributed by atoms with Crippen LogP contribution in [0.4, 0.5) is 0 Å². The molecule has 0 fully saturated rings. The van der Waals surface area contributed by atoms with E-state index in [-0.39, 0.29) is 13.2 Å². The van der Waals surface area contributed by atoms with Gasteiger partial charge in [0.15, 0.2) is 11.0 Å². The Bertz CT molecular complexity index is 591. The van der Waals surface area contributed by atoms with E-state index < -0.39 is 6.10 Å². The zero-order valence-corrected chi connectivity index (χ0v) is 12.5. The fraction of sp³-hybridized carbons (Fsp3) is 0.385. The molecule has 0 spiro atoms. The molecule has 0 amide bonds. The molecule has 0 radical (unpaired) electrons. The molecule has 114 valence electrons. The van der Waals surface area contributed by atoms with Gasteiger partial charge in [-0.25, -0.2) is 0 Å². The van der Waals surface area contributed by atoms with Crippen LogP contribution in [0.15, 0.2) is 29.4 Å². The van der Waals surface area contributed by atoms with E-state index in [0.717, 1.165) is 11.4 Å². The van der Waals surface area contributed by atoms with Gasteiger partial charge in [0.25, 0.3) is 0 Å². The van der Waals surface area contributed by atoms with Crippen molar-refractivity contribution in [3.63, 3.8) is 0 Å². The molecule has 0 aliphatic carbocycles. The van der Waals surface area contributed by atoms with Gasteiger partial charge in [-0.05, 0) is 12.1 Å². The lowest BCUT2D eigenvalue weighted by atomic mass is 10.3. The van der Waals surface area contributed by atoms with E-state index in [1.807, 2.05) is 28.8 Å². The Morgan fingerprint density at radius 1 is 1.43 bits per heavy atom. The molecule has 1 atom stereocenters. The van der Waals surface area contributed by atoms with Crippen LogP contribution in [0.25, 0.3) is 5.69 Å². The van der Waals surface area contributed by atoms with Crippen LogP contribution in [0.5, 0.6) is 5.75 Å². The highest BCUT2D eigenvalue weighted by molar-refractivity contribution is 7.99. The van der Waals surface area contributed by atoms with Gasteiger partial charge in [0.1, 0.15) is 5.75 Å². The number of nitrogens with zero attached hydrogens (tertiary/aromatic N) is 3. The lowest BCUT2D eigenvalue weighted by molar-refractivity contribution is 0.113. The Hall–Kier alpha value is -1.61. The summed E-state index contributed by atoms with van der Waals surface area (Å²) in [6.45, 7) is -0.0443. The number of aromatic nitrogens is 3. The molecule has 1 aromatic carbocycles. The van der Waals surface area contributed by atoms with Gasteiger partial charge < -0.3 is 20.7 Å². The number of aliphatic hydroxyl groups excluding tert-OH is 2. The minimum absolute atomic E-state index is 0.243. The molecular weight excluding hydrogens is 292 g/mol. The number of ether oxygens (including phenoxy) is 1. The zero-order chi connectivity index (χ0) is 15.2. The summed E-state index contributed by atoms with van der Waals surface area (Å²) in [6.07, 6.45) is -0.799. The van der Waals surface area contributed by atoms with Crippen molar-refractivity contribution in [2.45, 2.75) is 17.8 Å². The Labute approximate surface area is 126 Å². The number of hydrogen-bond donors (Lipinski definition) is 3. The Morgan fingerprint density at radius 2 is 2.24 bits per heavy atom. The number of rotatable bonds is 7. The van der Waals surface area contributed by atoms with Gasteiger partial charge in [-0.1, -0.05) is 17.8 Å². The van der Waals surface area contributed by atoms with E-state index in [4.69, 9.17) is 15.6 Å². The van der Waals surface area contributed by atoms with Crippen molar-refractivity contribution in [2.75, 3.05) is 19.5 Å². The van der Waals surface area contributed by atoms with Gasteiger partial charge in [0.05, 0.1) is 32.1 Å². The normalized spacial score (nSPS) is 12.4. The summed E-state index contributed by atoms with van der Waals surface area (Å²) in [5.41, 5.74) is 6.53. The summed E-state index contributed by atoms with van der Waals surface area (Å²) in [5.74, 6) is 1.66. The largest absolute Gasteiger partial charge is 0.497 e. The second kappa shape index (κ2) is 7.41. The van der Waals surface area contributed by atoms with E-state index in [2.05, 4.69) is 10.2 Å². The first kappa shape index (κ1) is 15.8. The summed E-state index contributed by atoms with van der Waals surface area (Å²) in [5, 5.41) is 27.1. The van der Waals surface area contributed by atoms with Crippen molar-refractivity contribution in [3.8, 4) is 11.4 Å². The highest BCUT2D eigenvalue weighted by Gasteiger charge is 2.15. The Balaban J connectivity index is 2.33. The second-order valence-corrected chi connectivity index (χ2v) is 5.27. The summed E-state index contributed by atoms with van der Waals surface area (Å²) in [4.78, 5) is 0. The predicted octanol–water partition coefficient (Wildman–Crippen LogP) is 0.180. The number of benzene rings is 1. The van der Waals surface area contributed by atoms with E-state index in [9.17, 15) is 5.11 Å². The first-order valence-electron chi connectivity index (χ1n) is 6.40. The quantitative estimate of drug-likeness (QED) is 0.626. The average molecular weight is 310 g/mol. The fourth-order valence-corrected chi connectivity index (χ4v) is 2.64. The maximum atomic E-state index is 9.45. The van der Waals surface area contributed by atoms with Crippen LogP contribution in [-0.4, -0.2) is 50.6 Å². The number of nitrogens with two attached hydrogens (primary N) is 1. The van der Waals surface area contributed by atoms with Crippen molar-refractivity contribution in [1.29, 1.82) is 0 Å². The Morgan fingerprint density at radius 3 is 2.90 bits per heavy atom. The standard InChI is InChI=1S/C13H18N4O3S/c1-20-11-4-2-3-9(5-11)17-12(6-14)15-16-13(17)21-8-10(19)7-18/h2-5,10,18-19H,6-8,14H2,1H3/t10-/m1/s1. The summed E-state index contributed by atoms with van der Waals surface area (Å²) in [6, 6.07) is 7.47. The SMILES string of the molecule is COc1cccc(-n2c(CN)nnc2SC[C@H](O)CO)c1. The predicted molar refractivity (Wildman–Crippen MR) is 79.6 cm³/mol. The molecule has 0 bridgehead atoms. The van der Waals surface area contributed by atoms with Crippen molar-refractivity contribution in [3.05, 3.63) is 30.1 Å². The lowest BCUT2D eigenvalue weighted by Gasteiger charge is -2.11. The van der Waals surface area contributed by atoms with Crippen LogP contribution >= 0.6 is 11.8 Å². The monoisotopic (exact) mass is 310 g/mol. The maximum absolute atomic E-state index is 9.45. The molecule has 0 saturated carbocycles. The molecule has 0 saturated heterocycles. The van der Waals surface area contributed by atoms with Gasteiger partial charge in [-0.15, -0.1) is 10.2 Å². The van der Waals surface area contributed by atoms with Gasteiger partial charge in [0, 0.05) is 11.8 Å². The minimum Gasteiger partial charge on any atom is -0.497 e. The molecule has 4 N–H and O–H groups in total. The first-order valence-corrected chi connectivity index (χ1v) is 7.38. The van der Waals surface area contributed by atoms with Crippen LogP contribution in [0.1, 0.15) is 5.82 Å². The maximum Gasteiger partial charge on any atom is 0.195 e. The molecule has 7 nitrogen and oxygen atoms in total. The van der Waals surface area contributed by atoms with Crippen molar-refractivity contribution in [2.24, 2.45) is 5.73 Å². The number of thioether (sulfide) groups is 1. The van der Waals surface area contributed by atoms with Crippen LogP contribution in [-0.2, 0) is 6.54 Å². The third-order valence-corrected chi connectivity index (χ3v) is 3.88. The van der Waals surface area contributed by atoms with E-state index in [1.54, 1.807) is 7.11 Å². The van der Waals surface area contributed by atoms with Gasteiger partial charge in [-0.2, -0.15) is 0 Å². The smallest absolute Gasteiger partial charge is 0.195 e. The third-order valence-electron chi connectivity index (χ3n) is 2.81. The molecule has 8 heteroatoms.